The van der Waals surface area contributed by atoms with E-state index in [1.807, 2.05) is 12.1 Å². The van der Waals surface area contributed by atoms with E-state index in [9.17, 15) is 4.79 Å². The van der Waals surface area contributed by atoms with Crippen molar-refractivity contribution in [3.63, 3.8) is 0 Å². The maximum Gasteiger partial charge on any atom is 0.223 e. The molecule has 0 spiro atoms. The van der Waals surface area contributed by atoms with Crippen molar-refractivity contribution in [3.8, 4) is 11.5 Å². The van der Waals surface area contributed by atoms with Crippen molar-refractivity contribution in [2.24, 2.45) is 0 Å². The average molecular weight is 278 g/mol. The summed E-state index contributed by atoms with van der Waals surface area (Å²) >= 11 is 0. The van der Waals surface area contributed by atoms with Crippen molar-refractivity contribution in [2.75, 3.05) is 34.9 Å². The minimum Gasteiger partial charge on any atom is -0.493 e. The minimum atomic E-state index is 0.0356. The second-order valence-corrected chi connectivity index (χ2v) is 5.16. The Labute approximate surface area is 119 Å². The first-order chi connectivity index (χ1) is 9.56. The molecule has 1 aliphatic heterocycles. The largest absolute Gasteiger partial charge is 0.493 e. The predicted molar refractivity (Wildman–Crippen MR) is 77.3 cm³/mol. The molecule has 5 heteroatoms. The third-order valence-electron chi connectivity index (χ3n) is 3.68. The number of carbonyl (C=O) groups is 1. The van der Waals surface area contributed by atoms with Crippen LogP contribution in [0.4, 0.5) is 0 Å². The first-order valence-corrected chi connectivity index (χ1v) is 6.75. The molecule has 1 unspecified atom stereocenters. The van der Waals surface area contributed by atoms with Crippen LogP contribution in [0, 0.1) is 0 Å². The molecule has 0 radical (unpaired) electrons. The van der Waals surface area contributed by atoms with Crippen molar-refractivity contribution < 1.29 is 14.3 Å². The molecule has 5 nitrogen and oxygen atoms in total. The summed E-state index contributed by atoms with van der Waals surface area (Å²) in [6.07, 6.45) is 1.39. The highest BCUT2D eigenvalue weighted by Crippen LogP contribution is 2.36. The van der Waals surface area contributed by atoms with E-state index in [0.717, 1.165) is 24.3 Å². The van der Waals surface area contributed by atoms with Gasteiger partial charge in [-0.25, -0.2) is 0 Å². The number of ether oxygens (including phenoxy) is 2. The summed E-state index contributed by atoms with van der Waals surface area (Å²) < 4.78 is 10.7. The average Bonchev–Trinajstić information content (AvgIpc) is 2.45. The van der Waals surface area contributed by atoms with Gasteiger partial charge in [-0.2, -0.15) is 0 Å². The molecule has 0 bridgehead atoms. The Hall–Kier alpha value is -1.75. The van der Waals surface area contributed by atoms with Gasteiger partial charge in [0.2, 0.25) is 5.91 Å². The van der Waals surface area contributed by atoms with Gasteiger partial charge in [0.05, 0.1) is 14.2 Å². The van der Waals surface area contributed by atoms with Crippen LogP contribution in [0.15, 0.2) is 12.1 Å². The van der Waals surface area contributed by atoms with E-state index >= 15 is 0 Å². The van der Waals surface area contributed by atoms with Crippen LogP contribution in [0.5, 0.6) is 11.5 Å². The number of amides is 1. The summed E-state index contributed by atoms with van der Waals surface area (Å²) in [6.45, 7) is 0.869. The molecule has 0 aliphatic carbocycles. The highest BCUT2D eigenvalue weighted by molar-refractivity contribution is 5.76. The number of fused-ring (bicyclic) bond motifs is 1. The first-order valence-electron chi connectivity index (χ1n) is 6.75. The smallest absolute Gasteiger partial charge is 0.223 e. The van der Waals surface area contributed by atoms with Crippen LogP contribution in [0.2, 0.25) is 0 Å². The topological polar surface area (TPSA) is 50.8 Å². The van der Waals surface area contributed by atoms with Gasteiger partial charge in [-0.15, -0.1) is 0 Å². The van der Waals surface area contributed by atoms with E-state index in [1.54, 1.807) is 33.2 Å². The summed E-state index contributed by atoms with van der Waals surface area (Å²) in [7, 11) is 6.82. The maximum atomic E-state index is 11.9. The monoisotopic (exact) mass is 278 g/mol. The van der Waals surface area contributed by atoms with E-state index in [4.69, 9.17) is 9.47 Å². The lowest BCUT2D eigenvalue weighted by atomic mass is 9.91. The van der Waals surface area contributed by atoms with Crippen LogP contribution in [0.1, 0.15) is 23.6 Å². The standard InChI is InChI=1S/C15H22N2O3/c1-17(2)15(18)9-12-11-8-14(20-4)13(19-3)7-10(11)5-6-16-12/h7-8,12,16H,5-6,9H2,1-4H3. The third kappa shape index (κ3) is 2.88. The zero-order valence-corrected chi connectivity index (χ0v) is 12.5. The summed E-state index contributed by atoms with van der Waals surface area (Å²) in [4.78, 5) is 13.6. The number of nitrogens with one attached hydrogen (secondary N) is 1. The van der Waals surface area contributed by atoms with Crippen LogP contribution < -0.4 is 14.8 Å². The van der Waals surface area contributed by atoms with Gasteiger partial charge in [-0.05, 0) is 36.2 Å². The van der Waals surface area contributed by atoms with E-state index in [2.05, 4.69) is 5.32 Å². The van der Waals surface area contributed by atoms with Crippen LogP contribution in [-0.2, 0) is 11.2 Å². The number of hydrogen-bond donors (Lipinski definition) is 1. The Morgan fingerprint density at radius 1 is 1.30 bits per heavy atom. The van der Waals surface area contributed by atoms with Crippen molar-refractivity contribution in [3.05, 3.63) is 23.3 Å². The lowest BCUT2D eigenvalue weighted by molar-refractivity contribution is -0.129. The van der Waals surface area contributed by atoms with Gasteiger partial charge in [-0.3, -0.25) is 4.79 Å². The predicted octanol–water partition coefficient (Wildman–Crippen LogP) is 1.37. The van der Waals surface area contributed by atoms with Crippen molar-refractivity contribution in [1.29, 1.82) is 0 Å². The highest BCUT2D eigenvalue weighted by Gasteiger charge is 2.25. The Bertz CT molecular complexity index is 500. The molecule has 1 aromatic rings. The molecule has 1 aliphatic rings. The fourth-order valence-electron chi connectivity index (χ4n) is 2.51. The Kier molecular flexibility index (Phi) is 4.49. The quantitative estimate of drug-likeness (QED) is 0.904. The first kappa shape index (κ1) is 14.7. The normalized spacial score (nSPS) is 17.3. The van der Waals surface area contributed by atoms with Gasteiger partial charge in [0.1, 0.15) is 0 Å². The summed E-state index contributed by atoms with van der Waals surface area (Å²) in [5.41, 5.74) is 2.35. The van der Waals surface area contributed by atoms with Gasteiger partial charge in [0.15, 0.2) is 11.5 Å². The summed E-state index contributed by atoms with van der Waals surface area (Å²) in [5, 5.41) is 3.41. The number of hydrogen-bond acceptors (Lipinski definition) is 4. The zero-order valence-electron chi connectivity index (χ0n) is 12.5. The van der Waals surface area contributed by atoms with Gasteiger partial charge in [-0.1, -0.05) is 0 Å². The van der Waals surface area contributed by atoms with E-state index < -0.39 is 0 Å². The SMILES string of the molecule is COc1cc2c(cc1OC)C(CC(=O)N(C)C)NCC2. The molecular formula is C15H22N2O3. The molecule has 1 aromatic carbocycles. The highest BCUT2D eigenvalue weighted by atomic mass is 16.5. The van der Waals surface area contributed by atoms with Gasteiger partial charge in [0.25, 0.3) is 0 Å². The molecule has 1 heterocycles. The van der Waals surface area contributed by atoms with Gasteiger partial charge < -0.3 is 19.7 Å². The molecule has 1 amide bonds. The van der Waals surface area contributed by atoms with Crippen molar-refractivity contribution >= 4 is 5.91 Å². The van der Waals surface area contributed by atoms with E-state index in [1.165, 1.54) is 5.56 Å². The lowest BCUT2D eigenvalue weighted by Gasteiger charge is -2.28. The van der Waals surface area contributed by atoms with Gasteiger partial charge >= 0.3 is 0 Å². The van der Waals surface area contributed by atoms with E-state index in [-0.39, 0.29) is 11.9 Å². The fourth-order valence-corrected chi connectivity index (χ4v) is 2.51. The molecule has 0 fully saturated rings. The molecule has 1 atom stereocenters. The number of carbonyl (C=O) groups excluding carboxylic acids is 1. The van der Waals surface area contributed by atoms with Crippen LogP contribution >= 0.6 is 0 Å². The molecule has 0 aromatic heterocycles. The number of benzene rings is 1. The molecule has 0 saturated carbocycles. The fraction of sp³-hybridized carbons (Fsp3) is 0.533. The zero-order chi connectivity index (χ0) is 14.7. The van der Waals surface area contributed by atoms with Crippen molar-refractivity contribution in [2.45, 2.75) is 18.9 Å². The Morgan fingerprint density at radius 2 is 1.95 bits per heavy atom. The second kappa shape index (κ2) is 6.13. The number of rotatable bonds is 4. The Morgan fingerprint density at radius 3 is 2.55 bits per heavy atom. The molecule has 110 valence electrons. The van der Waals surface area contributed by atoms with E-state index in [0.29, 0.717) is 12.2 Å². The van der Waals surface area contributed by atoms with Gasteiger partial charge in [0, 0.05) is 26.6 Å². The molecule has 20 heavy (non-hydrogen) atoms. The third-order valence-corrected chi connectivity index (χ3v) is 3.68. The van der Waals surface area contributed by atoms with Crippen LogP contribution in [0.25, 0.3) is 0 Å². The second-order valence-electron chi connectivity index (χ2n) is 5.16. The molecule has 0 saturated heterocycles. The number of nitrogens with zero attached hydrogens (tertiary/aromatic N) is 1. The molecule has 1 N–H and O–H groups in total. The minimum absolute atomic E-state index is 0.0356. The van der Waals surface area contributed by atoms with Crippen LogP contribution in [0.3, 0.4) is 0 Å². The summed E-state index contributed by atoms with van der Waals surface area (Å²) in [6, 6.07) is 4.03. The lowest BCUT2D eigenvalue weighted by Crippen LogP contribution is -2.34. The van der Waals surface area contributed by atoms with Crippen LogP contribution in [-0.4, -0.2) is 45.7 Å². The molecular weight excluding hydrogens is 256 g/mol. The van der Waals surface area contributed by atoms with Crippen molar-refractivity contribution in [1.82, 2.24) is 10.2 Å². The number of methoxy groups -OCH3 is 2. The maximum absolute atomic E-state index is 11.9. The summed E-state index contributed by atoms with van der Waals surface area (Å²) in [5.74, 6) is 1.56. The molecule has 2 rings (SSSR count). The Balaban J connectivity index is 2.32.